The first-order valence-corrected chi connectivity index (χ1v) is 7.10. The molecule has 0 atom stereocenters. The Balaban J connectivity index is 1.91. The highest BCUT2D eigenvalue weighted by Crippen LogP contribution is 2.44. The topological polar surface area (TPSA) is 33.3 Å². The van der Waals surface area contributed by atoms with Gasteiger partial charge in [0.05, 0.1) is 7.11 Å². The Morgan fingerprint density at radius 2 is 1.89 bits per heavy atom. The molecule has 2 N–H and O–H groups in total. The van der Waals surface area contributed by atoms with Gasteiger partial charge in [-0.1, -0.05) is 6.07 Å². The molecule has 0 radical (unpaired) electrons. The molecule has 3 heteroatoms. The third-order valence-corrected chi connectivity index (χ3v) is 4.39. The minimum absolute atomic E-state index is 0.518. The number of benzene rings is 1. The standard InChI is InChI=1S/C16H26N2O/c1-12-13(2)15(19-4)6-5-14(12)9-18-11-16(7-8-16)10-17-3/h5-6,17-18H,7-11H2,1-4H3. The van der Waals surface area contributed by atoms with E-state index in [1.807, 2.05) is 7.05 Å². The van der Waals surface area contributed by atoms with Crippen molar-refractivity contribution in [3.63, 3.8) is 0 Å². The minimum Gasteiger partial charge on any atom is -0.496 e. The Morgan fingerprint density at radius 3 is 2.47 bits per heavy atom. The lowest BCUT2D eigenvalue weighted by Crippen LogP contribution is -2.31. The van der Waals surface area contributed by atoms with Crippen molar-refractivity contribution < 1.29 is 4.74 Å². The first-order valence-electron chi connectivity index (χ1n) is 7.10. The van der Waals surface area contributed by atoms with Gasteiger partial charge in [0, 0.05) is 19.6 Å². The van der Waals surface area contributed by atoms with Crippen molar-refractivity contribution in [1.82, 2.24) is 10.6 Å². The van der Waals surface area contributed by atoms with Gasteiger partial charge in [0.1, 0.15) is 5.75 Å². The fraction of sp³-hybridized carbons (Fsp3) is 0.625. The van der Waals surface area contributed by atoms with Crippen LogP contribution in [0.15, 0.2) is 12.1 Å². The lowest BCUT2D eigenvalue weighted by molar-refractivity contribution is 0.410. The van der Waals surface area contributed by atoms with E-state index >= 15 is 0 Å². The zero-order chi connectivity index (χ0) is 13.9. The second-order valence-electron chi connectivity index (χ2n) is 5.81. The summed E-state index contributed by atoms with van der Waals surface area (Å²) in [6, 6.07) is 4.24. The molecular weight excluding hydrogens is 236 g/mol. The van der Waals surface area contributed by atoms with Gasteiger partial charge in [-0.05, 0) is 61.9 Å². The van der Waals surface area contributed by atoms with Crippen LogP contribution in [0.2, 0.25) is 0 Å². The Bertz CT molecular complexity index is 439. The fourth-order valence-corrected chi connectivity index (χ4v) is 2.69. The summed E-state index contributed by atoms with van der Waals surface area (Å²) in [6.07, 6.45) is 2.70. The average Bonchev–Trinajstić information content (AvgIpc) is 3.15. The predicted molar refractivity (Wildman–Crippen MR) is 79.8 cm³/mol. The van der Waals surface area contributed by atoms with E-state index < -0.39 is 0 Å². The maximum absolute atomic E-state index is 5.35. The van der Waals surface area contributed by atoms with Crippen molar-refractivity contribution in [3.05, 3.63) is 28.8 Å². The van der Waals surface area contributed by atoms with E-state index in [2.05, 4.69) is 36.6 Å². The van der Waals surface area contributed by atoms with Gasteiger partial charge in [0.2, 0.25) is 0 Å². The highest BCUT2D eigenvalue weighted by atomic mass is 16.5. The van der Waals surface area contributed by atoms with Crippen LogP contribution < -0.4 is 15.4 Å². The molecule has 0 amide bonds. The van der Waals surface area contributed by atoms with Crippen LogP contribution in [0, 0.1) is 19.3 Å². The molecule has 1 saturated carbocycles. The number of methoxy groups -OCH3 is 1. The molecule has 2 rings (SSSR count). The lowest BCUT2D eigenvalue weighted by atomic mass is 10.0. The summed E-state index contributed by atoms with van der Waals surface area (Å²) in [5.41, 5.74) is 4.48. The van der Waals surface area contributed by atoms with E-state index in [0.29, 0.717) is 5.41 Å². The van der Waals surface area contributed by atoms with Crippen molar-refractivity contribution in [2.24, 2.45) is 5.41 Å². The third-order valence-electron chi connectivity index (χ3n) is 4.39. The van der Waals surface area contributed by atoms with E-state index in [1.165, 1.54) is 29.5 Å². The third kappa shape index (κ3) is 3.28. The van der Waals surface area contributed by atoms with Crippen LogP contribution in [0.3, 0.4) is 0 Å². The summed E-state index contributed by atoms with van der Waals surface area (Å²) in [6.45, 7) is 7.48. The summed E-state index contributed by atoms with van der Waals surface area (Å²) < 4.78 is 5.35. The van der Waals surface area contributed by atoms with Crippen LogP contribution in [-0.4, -0.2) is 27.2 Å². The molecular formula is C16H26N2O. The minimum atomic E-state index is 0.518. The number of hydrogen-bond donors (Lipinski definition) is 2. The van der Waals surface area contributed by atoms with Gasteiger partial charge in [-0.3, -0.25) is 0 Å². The SMILES string of the molecule is CNCC1(CNCc2ccc(OC)c(C)c2C)CC1. The van der Waals surface area contributed by atoms with Crippen molar-refractivity contribution >= 4 is 0 Å². The summed E-state index contributed by atoms with van der Waals surface area (Å²) >= 11 is 0. The number of hydrogen-bond acceptors (Lipinski definition) is 3. The summed E-state index contributed by atoms with van der Waals surface area (Å²) in [5, 5.41) is 6.91. The normalized spacial score (nSPS) is 16.4. The average molecular weight is 262 g/mol. The molecule has 0 unspecified atom stereocenters. The zero-order valence-electron chi connectivity index (χ0n) is 12.6. The molecule has 106 valence electrons. The molecule has 1 aromatic carbocycles. The van der Waals surface area contributed by atoms with Crippen LogP contribution in [0.5, 0.6) is 5.75 Å². The van der Waals surface area contributed by atoms with Gasteiger partial charge in [-0.15, -0.1) is 0 Å². The molecule has 19 heavy (non-hydrogen) atoms. The molecule has 3 nitrogen and oxygen atoms in total. The van der Waals surface area contributed by atoms with Crippen molar-refractivity contribution in [3.8, 4) is 5.75 Å². The van der Waals surface area contributed by atoms with E-state index in [9.17, 15) is 0 Å². The Kier molecular flexibility index (Phi) is 4.48. The maximum Gasteiger partial charge on any atom is 0.122 e. The fourth-order valence-electron chi connectivity index (χ4n) is 2.69. The molecule has 0 aromatic heterocycles. The van der Waals surface area contributed by atoms with Gasteiger partial charge >= 0.3 is 0 Å². The monoisotopic (exact) mass is 262 g/mol. The first kappa shape index (κ1) is 14.4. The lowest BCUT2D eigenvalue weighted by Gasteiger charge is -2.17. The Hall–Kier alpha value is -1.06. The number of ether oxygens (including phenoxy) is 1. The predicted octanol–water partition coefficient (Wildman–Crippen LogP) is 2.40. The van der Waals surface area contributed by atoms with Gasteiger partial charge < -0.3 is 15.4 Å². The second kappa shape index (κ2) is 5.93. The van der Waals surface area contributed by atoms with Gasteiger partial charge in [-0.2, -0.15) is 0 Å². The molecule has 0 saturated heterocycles. The molecule has 1 aromatic rings. The molecule has 0 heterocycles. The van der Waals surface area contributed by atoms with Crippen molar-refractivity contribution in [1.29, 1.82) is 0 Å². The van der Waals surface area contributed by atoms with E-state index in [4.69, 9.17) is 4.74 Å². The van der Waals surface area contributed by atoms with Crippen LogP contribution in [-0.2, 0) is 6.54 Å². The zero-order valence-corrected chi connectivity index (χ0v) is 12.6. The summed E-state index contributed by atoms with van der Waals surface area (Å²) in [4.78, 5) is 0. The molecule has 1 aliphatic carbocycles. The Labute approximate surface area is 116 Å². The van der Waals surface area contributed by atoms with Gasteiger partial charge in [-0.25, -0.2) is 0 Å². The van der Waals surface area contributed by atoms with Crippen LogP contribution in [0.25, 0.3) is 0 Å². The molecule has 0 spiro atoms. The number of nitrogens with one attached hydrogen (secondary N) is 2. The van der Waals surface area contributed by atoms with Gasteiger partial charge in [0.15, 0.2) is 0 Å². The Morgan fingerprint density at radius 1 is 1.16 bits per heavy atom. The van der Waals surface area contributed by atoms with E-state index in [0.717, 1.165) is 25.4 Å². The highest BCUT2D eigenvalue weighted by Gasteiger charge is 2.41. The largest absolute Gasteiger partial charge is 0.496 e. The smallest absolute Gasteiger partial charge is 0.122 e. The molecule has 1 fully saturated rings. The van der Waals surface area contributed by atoms with Crippen molar-refractivity contribution in [2.45, 2.75) is 33.2 Å². The molecule has 0 bridgehead atoms. The molecule has 1 aliphatic rings. The number of rotatable bonds is 7. The van der Waals surface area contributed by atoms with Gasteiger partial charge in [0.25, 0.3) is 0 Å². The van der Waals surface area contributed by atoms with Crippen LogP contribution in [0.1, 0.15) is 29.5 Å². The highest BCUT2D eigenvalue weighted by molar-refractivity contribution is 5.43. The van der Waals surface area contributed by atoms with E-state index in [-0.39, 0.29) is 0 Å². The summed E-state index contributed by atoms with van der Waals surface area (Å²) in [5.74, 6) is 0.982. The van der Waals surface area contributed by atoms with Crippen LogP contribution >= 0.6 is 0 Å². The second-order valence-corrected chi connectivity index (χ2v) is 5.81. The van der Waals surface area contributed by atoms with E-state index in [1.54, 1.807) is 7.11 Å². The maximum atomic E-state index is 5.35. The van der Waals surface area contributed by atoms with Crippen molar-refractivity contribution in [2.75, 3.05) is 27.2 Å². The molecule has 0 aliphatic heterocycles. The summed E-state index contributed by atoms with van der Waals surface area (Å²) in [7, 11) is 3.77. The first-order chi connectivity index (χ1) is 9.12. The quantitative estimate of drug-likeness (QED) is 0.791. The van der Waals surface area contributed by atoms with Crippen LogP contribution in [0.4, 0.5) is 0 Å².